The molecular weight excluding hydrogens is 304 g/mol. The molecule has 0 amide bonds. The molecule has 1 aromatic carbocycles. The van der Waals surface area contributed by atoms with E-state index in [2.05, 4.69) is 0 Å². The van der Waals surface area contributed by atoms with Gasteiger partial charge < -0.3 is 4.74 Å². The zero-order valence-electron chi connectivity index (χ0n) is 8.73. The molecule has 1 aromatic rings. The van der Waals surface area contributed by atoms with Crippen LogP contribution in [0.1, 0.15) is 5.56 Å². The largest absolute Gasteiger partial charge is 0.457 e. The maximum Gasteiger partial charge on any atom is 0.352 e. The number of carbonyl (C=O) groups is 1. The van der Waals surface area contributed by atoms with Gasteiger partial charge in [0.1, 0.15) is 11.1 Å². The highest BCUT2D eigenvalue weighted by Gasteiger charge is 2.12. The molecule has 0 spiro atoms. The van der Waals surface area contributed by atoms with Crippen molar-refractivity contribution in [2.45, 2.75) is 6.61 Å². The van der Waals surface area contributed by atoms with E-state index in [9.17, 15) is 14.9 Å². The van der Waals surface area contributed by atoms with E-state index in [0.717, 1.165) is 0 Å². The van der Waals surface area contributed by atoms with Crippen molar-refractivity contribution in [2.24, 2.45) is 0 Å². The minimum absolute atomic E-state index is 0.0493. The molecule has 0 heterocycles. The zero-order valence-corrected chi connectivity index (χ0v) is 11.0. The molecule has 5 nitrogen and oxygen atoms in total. The third kappa shape index (κ3) is 4.18. The van der Waals surface area contributed by atoms with E-state index in [1.54, 1.807) is 0 Å². The van der Waals surface area contributed by atoms with E-state index < -0.39 is 15.9 Å². The van der Waals surface area contributed by atoms with Crippen molar-refractivity contribution in [1.82, 2.24) is 0 Å². The number of ether oxygens (including phenoxy) is 1. The summed E-state index contributed by atoms with van der Waals surface area (Å²) in [5, 5.41) is 9.99. The van der Waals surface area contributed by atoms with Crippen molar-refractivity contribution >= 4 is 46.5 Å². The molecule has 96 valence electrons. The normalized spacial score (nSPS) is 9.72. The summed E-state index contributed by atoms with van der Waals surface area (Å²) in [6.07, 6.45) is 0. The van der Waals surface area contributed by atoms with Gasteiger partial charge in [0.05, 0.1) is 4.92 Å². The van der Waals surface area contributed by atoms with Crippen LogP contribution < -0.4 is 0 Å². The fourth-order valence-electron chi connectivity index (χ4n) is 1.00. The van der Waals surface area contributed by atoms with E-state index >= 15 is 0 Å². The number of halogens is 3. The second-order valence-electron chi connectivity index (χ2n) is 3.07. The van der Waals surface area contributed by atoms with E-state index in [1.807, 2.05) is 0 Å². The molecule has 0 saturated carbocycles. The summed E-state index contributed by atoms with van der Waals surface area (Å²) in [4.78, 5) is 21.1. The highest BCUT2D eigenvalue weighted by atomic mass is 35.5. The van der Waals surface area contributed by atoms with Crippen LogP contribution >= 0.6 is 34.8 Å². The van der Waals surface area contributed by atoms with Crippen LogP contribution in [0.25, 0.3) is 0 Å². The number of carbonyl (C=O) groups excluding carboxylic acids is 1. The Balaban J connectivity index is 2.62. The lowest BCUT2D eigenvalue weighted by Crippen LogP contribution is -2.05. The van der Waals surface area contributed by atoms with Crippen LogP contribution in [0, 0.1) is 10.1 Å². The van der Waals surface area contributed by atoms with Crippen molar-refractivity contribution in [3.63, 3.8) is 0 Å². The van der Waals surface area contributed by atoms with Crippen molar-refractivity contribution < 1.29 is 14.5 Å². The minimum atomic E-state index is -0.866. The molecule has 8 heteroatoms. The number of hydrogen-bond donors (Lipinski definition) is 0. The highest BCUT2D eigenvalue weighted by Crippen LogP contribution is 2.19. The maximum absolute atomic E-state index is 11.2. The molecule has 0 bridgehead atoms. The van der Waals surface area contributed by atoms with Crippen LogP contribution in [-0.2, 0) is 16.1 Å². The average molecular weight is 311 g/mol. The Kier molecular flexibility index (Phi) is 5.40. The second kappa shape index (κ2) is 6.58. The molecule has 0 fully saturated rings. The number of nitrogens with zero attached hydrogens (tertiary/aromatic N) is 1. The van der Waals surface area contributed by atoms with Crippen molar-refractivity contribution in [3.05, 3.63) is 49.5 Å². The van der Waals surface area contributed by atoms with Crippen LogP contribution in [0.2, 0.25) is 0 Å². The van der Waals surface area contributed by atoms with Crippen LogP contribution in [0.3, 0.4) is 0 Å². The first-order valence-corrected chi connectivity index (χ1v) is 5.66. The number of esters is 1. The van der Waals surface area contributed by atoms with Crippen LogP contribution in [0.5, 0.6) is 0 Å². The molecule has 0 saturated heterocycles. The Morgan fingerprint density at radius 3 is 2.22 bits per heavy atom. The third-order valence-corrected chi connectivity index (χ3v) is 2.78. The number of hydrogen-bond acceptors (Lipinski definition) is 4. The zero-order chi connectivity index (χ0) is 13.7. The van der Waals surface area contributed by atoms with Gasteiger partial charge in [0.25, 0.3) is 5.69 Å². The number of rotatable bonds is 4. The fraction of sp³-hybridized carbons (Fsp3) is 0.100. The Hall–Kier alpha value is -1.30. The summed E-state index contributed by atoms with van der Waals surface area (Å²) in [5.74, 6) is -0.866. The van der Waals surface area contributed by atoms with Gasteiger partial charge in [0.15, 0.2) is 5.03 Å². The molecule has 0 aliphatic heterocycles. The lowest BCUT2D eigenvalue weighted by Gasteiger charge is -2.03. The first kappa shape index (κ1) is 14.8. The summed E-state index contributed by atoms with van der Waals surface area (Å²) in [6.45, 7) is -0.0892. The van der Waals surface area contributed by atoms with Gasteiger partial charge in [0.2, 0.25) is 0 Å². The molecular formula is C10H6Cl3NO4. The highest BCUT2D eigenvalue weighted by molar-refractivity contribution is 6.62. The summed E-state index contributed by atoms with van der Waals surface area (Å²) in [6, 6.07) is 5.53. The standard InChI is InChI=1S/C10H6Cl3NO4/c11-8(9(12)13)10(15)18-5-6-1-3-7(4-2-6)14(16)17/h1-4H,5H2. The topological polar surface area (TPSA) is 69.4 Å². The monoisotopic (exact) mass is 309 g/mol. The molecule has 1 rings (SSSR count). The smallest absolute Gasteiger partial charge is 0.352 e. The van der Waals surface area contributed by atoms with Gasteiger partial charge in [-0.05, 0) is 17.7 Å². The summed E-state index contributed by atoms with van der Waals surface area (Å²) in [7, 11) is 0. The van der Waals surface area contributed by atoms with E-state index in [1.165, 1.54) is 24.3 Å². The predicted octanol–water partition coefficient (Wildman–Crippen LogP) is 3.52. The Morgan fingerprint density at radius 2 is 1.78 bits per heavy atom. The van der Waals surface area contributed by atoms with E-state index in [4.69, 9.17) is 39.5 Å². The molecule has 0 aromatic heterocycles. The van der Waals surface area contributed by atoms with E-state index in [-0.39, 0.29) is 16.8 Å². The maximum atomic E-state index is 11.2. The van der Waals surface area contributed by atoms with Crippen molar-refractivity contribution in [1.29, 1.82) is 0 Å². The molecule has 0 aliphatic rings. The van der Waals surface area contributed by atoms with Crippen LogP contribution in [0.15, 0.2) is 33.8 Å². The SMILES string of the molecule is O=C(OCc1ccc([N+](=O)[O-])cc1)C(Cl)=C(Cl)Cl. The van der Waals surface area contributed by atoms with Gasteiger partial charge in [-0.2, -0.15) is 0 Å². The predicted molar refractivity (Wildman–Crippen MR) is 67.5 cm³/mol. The van der Waals surface area contributed by atoms with Crippen molar-refractivity contribution in [2.75, 3.05) is 0 Å². The number of nitro benzene ring substituents is 1. The Bertz CT molecular complexity index is 494. The molecule has 0 atom stereocenters. The second-order valence-corrected chi connectivity index (χ2v) is 4.40. The van der Waals surface area contributed by atoms with Crippen LogP contribution in [0.4, 0.5) is 5.69 Å². The fourth-order valence-corrected chi connectivity index (χ4v) is 1.21. The van der Waals surface area contributed by atoms with E-state index in [0.29, 0.717) is 5.56 Å². The summed E-state index contributed by atoms with van der Waals surface area (Å²) in [5.41, 5.74) is 0.524. The van der Waals surface area contributed by atoms with Crippen molar-refractivity contribution in [3.8, 4) is 0 Å². The first-order chi connectivity index (χ1) is 8.41. The molecule has 0 radical (unpaired) electrons. The summed E-state index contributed by atoms with van der Waals surface area (Å²) < 4.78 is 4.40. The number of nitro groups is 1. The number of benzene rings is 1. The molecule has 0 aliphatic carbocycles. The molecule has 18 heavy (non-hydrogen) atoms. The van der Waals surface area contributed by atoms with Gasteiger partial charge in [-0.3, -0.25) is 10.1 Å². The van der Waals surface area contributed by atoms with Crippen LogP contribution in [-0.4, -0.2) is 10.9 Å². The van der Waals surface area contributed by atoms with Gasteiger partial charge in [-0.15, -0.1) is 0 Å². The quantitative estimate of drug-likeness (QED) is 0.369. The molecule has 0 N–H and O–H groups in total. The lowest BCUT2D eigenvalue weighted by atomic mass is 10.2. The molecule has 0 unspecified atom stereocenters. The first-order valence-electron chi connectivity index (χ1n) is 4.53. The van der Waals surface area contributed by atoms with Gasteiger partial charge in [0, 0.05) is 12.1 Å². The summed E-state index contributed by atoms with van der Waals surface area (Å²) >= 11 is 16.0. The van der Waals surface area contributed by atoms with Gasteiger partial charge >= 0.3 is 5.97 Å². The lowest BCUT2D eigenvalue weighted by molar-refractivity contribution is -0.384. The number of non-ortho nitro benzene ring substituents is 1. The third-order valence-electron chi connectivity index (χ3n) is 1.86. The Labute approximate surface area is 117 Å². The van der Waals surface area contributed by atoms with Gasteiger partial charge in [-0.1, -0.05) is 34.8 Å². The minimum Gasteiger partial charge on any atom is -0.457 e. The average Bonchev–Trinajstić information content (AvgIpc) is 2.35. The Morgan fingerprint density at radius 1 is 1.22 bits per heavy atom. The van der Waals surface area contributed by atoms with Gasteiger partial charge in [-0.25, -0.2) is 4.79 Å².